The van der Waals surface area contributed by atoms with Gasteiger partial charge in [-0.25, -0.2) is 9.59 Å². The van der Waals surface area contributed by atoms with E-state index in [9.17, 15) is 9.59 Å². The Morgan fingerprint density at radius 3 is 2.25 bits per heavy atom. The quantitative estimate of drug-likeness (QED) is 0.568. The standard InChI is InChI=1S/C14H22BrNO4/c1-5-19-12(17)11(15)10-6-8-16(9-7-10)13(18)20-14(2,3)4/h5-9H2,1-4H3. The van der Waals surface area contributed by atoms with E-state index in [1.54, 1.807) is 11.8 Å². The van der Waals surface area contributed by atoms with Gasteiger partial charge < -0.3 is 14.4 Å². The molecule has 0 atom stereocenters. The first-order valence-electron chi connectivity index (χ1n) is 6.77. The van der Waals surface area contributed by atoms with Gasteiger partial charge in [-0.3, -0.25) is 0 Å². The molecule has 1 amide bonds. The zero-order valence-electron chi connectivity index (χ0n) is 12.5. The number of nitrogens with zero attached hydrogens (tertiary/aromatic N) is 1. The summed E-state index contributed by atoms with van der Waals surface area (Å²) in [7, 11) is 0. The monoisotopic (exact) mass is 347 g/mol. The van der Waals surface area contributed by atoms with Crippen molar-refractivity contribution < 1.29 is 19.1 Å². The lowest BCUT2D eigenvalue weighted by Gasteiger charge is -2.31. The minimum Gasteiger partial charge on any atom is -0.462 e. The number of amides is 1. The Morgan fingerprint density at radius 1 is 1.25 bits per heavy atom. The van der Waals surface area contributed by atoms with Crippen molar-refractivity contribution in [3.05, 3.63) is 10.1 Å². The number of halogens is 1. The van der Waals surface area contributed by atoms with Crippen LogP contribution in [0, 0.1) is 0 Å². The van der Waals surface area contributed by atoms with Crippen LogP contribution in [0.3, 0.4) is 0 Å². The van der Waals surface area contributed by atoms with Crippen molar-refractivity contribution in [2.24, 2.45) is 0 Å². The third-order valence-electron chi connectivity index (χ3n) is 2.78. The molecular weight excluding hydrogens is 326 g/mol. The van der Waals surface area contributed by atoms with Gasteiger partial charge in [0.05, 0.1) is 6.61 Å². The fourth-order valence-corrected chi connectivity index (χ4v) is 2.35. The maximum Gasteiger partial charge on any atom is 0.410 e. The molecule has 1 aliphatic rings. The highest BCUT2D eigenvalue weighted by Crippen LogP contribution is 2.25. The van der Waals surface area contributed by atoms with Gasteiger partial charge in [0.2, 0.25) is 0 Å². The zero-order valence-corrected chi connectivity index (χ0v) is 14.1. The van der Waals surface area contributed by atoms with Gasteiger partial charge in [0.1, 0.15) is 10.1 Å². The van der Waals surface area contributed by atoms with Crippen molar-refractivity contribution in [3.8, 4) is 0 Å². The summed E-state index contributed by atoms with van der Waals surface area (Å²) in [6.45, 7) is 8.77. The Morgan fingerprint density at radius 2 is 1.80 bits per heavy atom. The summed E-state index contributed by atoms with van der Waals surface area (Å²) >= 11 is 3.28. The highest BCUT2D eigenvalue weighted by Gasteiger charge is 2.26. The predicted molar refractivity (Wildman–Crippen MR) is 79.6 cm³/mol. The van der Waals surface area contributed by atoms with Crippen LogP contribution in [0.2, 0.25) is 0 Å². The molecule has 0 saturated carbocycles. The topological polar surface area (TPSA) is 55.8 Å². The van der Waals surface area contributed by atoms with Crippen LogP contribution in [0.25, 0.3) is 0 Å². The van der Waals surface area contributed by atoms with Gasteiger partial charge in [-0.2, -0.15) is 0 Å². The normalized spacial score (nSPS) is 15.8. The molecule has 0 aromatic heterocycles. The first-order chi connectivity index (χ1) is 9.24. The number of hydrogen-bond donors (Lipinski definition) is 0. The Balaban J connectivity index is 2.57. The van der Waals surface area contributed by atoms with Crippen molar-refractivity contribution in [1.82, 2.24) is 4.90 Å². The number of carbonyl (C=O) groups is 2. The smallest absolute Gasteiger partial charge is 0.410 e. The molecule has 1 saturated heterocycles. The Labute approximate surface area is 128 Å². The highest BCUT2D eigenvalue weighted by atomic mass is 79.9. The van der Waals surface area contributed by atoms with E-state index in [0.717, 1.165) is 5.57 Å². The molecule has 114 valence electrons. The van der Waals surface area contributed by atoms with Gasteiger partial charge in [-0.1, -0.05) is 0 Å². The van der Waals surface area contributed by atoms with Crippen LogP contribution in [-0.2, 0) is 14.3 Å². The lowest BCUT2D eigenvalue weighted by molar-refractivity contribution is -0.137. The number of esters is 1. The van der Waals surface area contributed by atoms with E-state index in [0.29, 0.717) is 37.0 Å². The van der Waals surface area contributed by atoms with Crippen LogP contribution in [0.15, 0.2) is 10.1 Å². The molecule has 1 fully saturated rings. The van der Waals surface area contributed by atoms with Crippen LogP contribution in [0.4, 0.5) is 4.79 Å². The van der Waals surface area contributed by atoms with E-state index in [1.807, 2.05) is 20.8 Å². The molecule has 6 heteroatoms. The average molecular weight is 348 g/mol. The highest BCUT2D eigenvalue weighted by molar-refractivity contribution is 9.12. The Hall–Kier alpha value is -1.04. The predicted octanol–water partition coefficient (Wildman–Crippen LogP) is 3.23. The lowest BCUT2D eigenvalue weighted by Crippen LogP contribution is -2.40. The van der Waals surface area contributed by atoms with Gasteiger partial charge in [-0.05, 0) is 62.0 Å². The molecule has 5 nitrogen and oxygen atoms in total. The van der Waals surface area contributed by atoms with Crippen LogP contribution < -0.4 is 0 Å². The molecule has 1 heterocycles. The SMILES string of the molecule is CCOC(=O)C(Br)=C1CCN(C(=O)OC(C)(C)C)CC1. The summed E-state index contributed by atoms with van der Waals surface area (Å²) < 4.78 is 10.8. The van der Waals surface area contributed by atoms with Crippen molar-refractivity contribution >= 4 is 28.0 Å². The third kappa shape index (κ3) is 5.15. The van der Waals surface area contributed by atoms with E-state index in [4.69, 9.17) is 9.47 Å². The average Bonchev–Trinajstić information content (AvgIpc) is 2.36. The fourth-order valence-electron chi connectivity index (χ4n) is 1.84. The Bertz CT molecular complexity index is 402. The molecule has 20 heavy (non-hydrogen) atoms. The summed E-state index contributed by atoms with van der Waals surface area (Å²) in [5, 5.41) is 0. The summed E-state index contributed by atoms with van der Waals surface area (Å²) in [5.74, 6) is -0.340. The number of ether oxygens (including phenoxy) is 2. The van der Waals surface area contributed by atoms with E-state index in [2.05, 4.69) is 15.9 Å². The minimum absolute atomic E-state index is 0.302. The molecule has 0 aromatic rings. The van der Waals surface area contributed by atoms with Gasteiger partial charge in [0.15, 0.2) is 0 Å². The van der Waals surface area contributed by atoms with Crippen molar-refractivity contribution in [2.75, 3.05) is 19.7 Å². The summed E-state index contributed by atoms with van der Waals surface area (Å²) in [4.78, 5) is 25.2. The molecule has 1 aliphatic heterocycles. The maximum atomic E-state index is 11.9. The van der Waals surface area contributed by atoms with Crippen LogP contribution in [0.1, 0.15) is 40.5 Å². The summed E-state index contributed by atoms with van der Waals surface area (Å²) in [6.07, 6.45) is 1.00. The van der Waals surface area contributed by atoms with Crippen molar-refractivity contribution in [3.63, 3.8) is 0 Å². The summed E-state index contributed by atoms with van der Waals surface area (Å²) in [5.41, 5.74) is 0.502. The molecule has 0 N–H and O–H groups in total. The Kier molecular flexibility index (Phi) is 6.05. The number of likely N-dealkylation sites (tertiary alicyclic amines) is 1. The molecule has 0 aromatic carbocycles. The van der Waals surface area contributed by atoms with Crippen molar-refractivity contribution in [2.45, 2.75) is 46.1 Å². The number of piperidine rings is 1. The second-order valence-corrected chi connectivity index (χ2v) is 6.40. The van der Waals surface area contributed by atoms with E-state index >= 15 is 0 Å². The first-order valence-corrected chi connectivity index (χ1v) is 7.56. The van der Waals surface area contributed by atoms with Gasteiger partial charge in [-0.15, -0.1) is 0 Å². The van der Waals surface area contributed by atoms with Gasteiger partial charge >= 0.3 is 12.1 Å². The molecule has 0 radical (unpaired) electrons. The van der Waals surface area contributed by atoms with E-state index < -0.39 is 5.60 Å². The first kappa shape index (κ1) is 17.0. The second kappa shape index (κ2) is 7.11. The van der Waals surface area contributed by atoms with E-state index in [1.165, 1.54) is 0 Å². The molecule has 0 spiro atoms. The van der Waals surface area contributed by atoms with E-state index in [-0.39, 0.29) is 12.1 Å². The molecule has 0 aliphatic carbocycles. The third-order valence-corrected chi connectivity index (χ3v) is 3.67. The van der Waals surface area contributed by atoms with Gasteiger partial charge in [0, 0.05) is 13.1 Å². The van der Waals surface area contributed by atoms with Gasteiger partial charge in [0.25, 0.3) is 0 Å². The number of rotatable bonds is 2. The lowest BCUT2D eigenvalue weighted by atomic mass is 10.0. The molecule has 1 rings (SSSR count). The van der Waals surface area contributed by atoms with Crippen LogP contribution >= 0.6 is 15.9 Å². The maximum absolute atomic E-state index is 11.9. The summed E-state index contributed by atoms with van der Waals surface area (Å²) in [6, 6.07) is 0. The minimum atomic E-state index is -0.487. The molecular formula is C14H22BrNO4. The van der Waals surface area contributed by atoms with Crippen LogP contribution in [0.5, 0.6) is 0 Å². The fraction of sp³-hybridized carbons (Fsp3) is 0.714. The number of carbonyl (C=O) groups excluding carboxylic acids is 2. The second-order valence-electron chi connectivity index (χ2n) is 5.61. The molecule has 0 unspecified atom stereocenters. The molecule has 0 bridgehead atoms. The van der Waals surface area contributed by atoms with Crippen molar-refractivity contribution in [1.29, 1.82) is 0 Å². The number of hydrogen-bond acceptors (Lipinski definition) is 4. The zero-order chi connectivity index (χ0) is 15.3. The van der Waals surface area contributed by atoms with Crippen LogP contribution in [-0.4, -0.2) is 42.3 Å². The largest absolute Gasteiger partial charge is 0.462 e.